The highest BCUT2D eigenvalue weighted by Crippen LogP contribution is 2.15. The maximum atomic E-state index is 3.64. The maximum Gasteiger partial charge on any atom is 0.0366 e. The van der Waals surface area contributed by atoms with Crippen LogP contribution in [0.2, 0.25) is 0 Å². The van der Waals surface area contributed by atoms with Gasteiger partial charge in [-0.25, -0.2) is 0 Å². The predicted octanol–water partition coefficient (Wildman–Crippen LogP) is 3.60. The van der Waals surface area contributed by atoms with E-state index in [1.54, 1.807) is 0 Å². The Labute approximate surface area is 112 Å². The Morgan fingerprint density at radius 1 is 1.22 bits per heavy atom. The highest BCUT2D eigenvalue weighted by molar-refractivity contribution is 5.47. The van der Waals surface area contributed by atoms with Gasteiger partial charge in [0, 0.05) is 25.3 Å². The van der Waals surface area contributed by atoms with Crippen molar-refractivity contribution in [2.45, 2.75) is 46.1 Å². The Morgan fingerprint density at radius 3 is 2.61 bits per heavy atom. The largest absolute Gasteiger partial charge is 0.373 e. The average molecular weight is 248 g/mol. The van der Waals surface area contributed by atoms with Crippen molar-refractivity contribution in [3.63, 3.8) is 0 Å². The summed E-state index contributed by atoms with van der Waals surface area (Å²) in [5, 5.41) is 3.64. The van der Waals surface area contributed by atoms with E-state index in [0.717, 1.165) is 13.1 Å². The highest BCUT2D eigenvalue weighted by Gasteiger charge is 2.10. The Morgan fingerprint density at radius 2 is 2.00 bits per heavy atom. The number of aryl methyl sites for hydroxylation is 1. The minimum Gasteiger partial charge on any atom is -0.373 e. The lowest BCUT2D eigenvalue weighted by Gasteiger charge is -2.26. The number of nitrogens with one attached hydrogen (secondary N) is 1. The summed E-state index contributed by atoms with van der Waals surface area (Å²) in [6.07, 6.45) is 3.69. The van der Waals surface area contributed by atoms with E-state index < -0.39 is 0 Å². The topological polar surface area (TPSA) is 15.3 Å². The second-order valence-corrected chi connectivity index (χ2v) is 5.16. The molecule has 0 aliphatic heterocycles. The van der Waals surface area contributed by atoms with Gasteiger partial charge in [-0.05, 0) is 44.0 Å². The number of likely N-dealkylation sites (N-methyl/N-ethyl adjacent to an activating group) is 1. The summed E-state index contributed by atoms with van der Waals surface area (Å²) in [5.41, 5.74) is 2.64. The fraction of sp³-hybridized carbons (Fsp3) is 0.625. The van der Waals surface area contributed by atoms with E-state index in [9.17, 15) is 0 Å². The third kappa shape index (κ3) is 5.09. The second-order valence-electron chi connectivity index (χ2n) is 5.16. The zero-order chi connectivity index (χ0) is 13.4. The van der Waals surface area contributed by atoms with Crippen LogP contribution in [0.1, 0.15) is 38.7 Å². The molecule has 2 nitrogen and oxygen atoms in total. The maximum absolute atomic E-state index is 3.64. The quantitative estimate of drug-likeness (QED) is 0.756. The van der Waals surface area contributed by atoms with Crippen LogP contribution in [-0.4, -0.2) is 26.2 Å². The van der Waals surface area contributed by atoms with Gasteiger partial charge in [0.2, 0.25) is 0 Å². The molecule has 1 N–H and O–H groups in total. The van der Waals surface area contributed by atoms with Crippen LogP contribution in [0.25, 0.3) is 0 Å². The smallest absolute Gasteiger partial charge is 0.0366 e. The zero-order valence-electron chi connectivity index (χ0n) is 12.4. The monoisotopic (exact) mass is 248 g/mol. The second kappa shape index (κ2) is 8.15. The first-order valence-corrected chi connectivity index (χ1v) is 7.18. The molecule has 0 amide bonds. The van der Waals surface area contributed by atoms with E-state index >= 15 is 0 Å². The average Bonchev–Trinajstić information content (AvgIpc) is 2.36. The van der Waals surface area contributed by atoms with Gasteiger partial charge in [-0.3, -0.25) is 0 Å². The number of benzene rings is 1. The van der Waals surface area contributed by atoms with Gasteiger partial charge in [-0.2, -0.15) is 0 Å². The molecule has 0 heterocycles. The molecule has 1 aromatic rings. The SMILES string of the molecule is CCCNC(CCC)CN(C)c1cccc(C)c1. The van der Waals surface area contributed by atoms with Crippen LogP contribution in [0, 0.1) is 6.92 Å². The lowest BCUT2D eigenvalue weighted by molar-refractivity contribution is 0.476. The van der Waals surface area contributed by atoms with Crippen LogP contribution < -0.4 is 10.2 Å². The Kier molecular flexibility index (Phi) is 6.81. The van der Waals surface area contributed by atoms with Crippen molar-refractivity contribution in [1.82, 2.24) is 5.32 Å². The van der Waals surface area contributed by atoms with Gasteiger partial charge in [-0.1, -0.05) is 32.4 Å². The number of hydrogen-bond acceptors (Lipinski definition) is 2. The minimum absolute atomic E-state index is 0.598. The van der Waals surface area contributed by atoms with Crippen LogP contribution >= 0.6 is 0 Å². The molecule has 0 aromatic heterocycles. The molecule has 0 saturated carbocycles. The van der Waals surface area contributed by atoms with Gasteiger partial charge in [0.15, 0.2) is 0 Å². The standard InChI is InChI=1S/C16H28N2/c1-5-8-15(17-11-6-2)13-18(4)16-10-7-9-14(3)12-16/h7,9-10,12,15,17H,5-6,8,11,13H2,1-4H3. The third-order valence-corrected chi connectivity index (χ3v) is 3.26. The van der Waals surface area contributed by atoms with E-state index in [-0.39, 0.29) is 0 Å². The van der Waals surface area contributed by atoms with Crippen LogP contribution in [0.15, 0.2) is 24.3 Å². The molecule has 0 spiro atoms. The van der Waals surface area contributed by atoms with Crippen LogP contribution in [0.5, 0.6) is 0 Å². The summed E-state index contributed by atoms with van der Waals surface area (Å²) in [5.74, 6) is 0. The van der Waals surface area contributed by atoms with Gasteiger partial charge in [-0.15, -0.1) is 0 Å². The first-order chi connectivity index (χ1) is 8.67. The highest BCUT2D eigenvalue weighted by atomic mass is 15.1. The zero-order valence-corrected chi connectivity index (χ0v) is 12.4. The van der Waals surface area contributed by atoms with Gasteiger partial charge in [0.1, 0.15) is 0 Å². The molecule has 102 valence electrons. The number of anilines is 1. The van der Waals surface area contributed by atoms with Crippen molar-refractivity contribution in [3.8, 4) is 0 Å². The normalized spacial score (nSPS) is 12.4. The molecule has 0 fully saturated rings. The Bertz CT molecular complexity index is 336. The minimum atomic E-state index is 0.598. The molecule has 2 heteroatoms. The third-order valence-electron chi connectivity index (χ3n) is 3.26. The summed E-state index contributed by atoms with van der Waals surface area (Å²) in [6.45, 7) is 8.83. The first kappa shape index (κ1) is 15.0. The molecule has 0 aliphatic carbocycles. The Hall–Kier alpha value is -1.02. The molecule has 1 rings (SSSR count). The summed E-state index contributed by atoms with van der Waals surface area (Å²) >= 11 is 0. The van der Waals surface area contributed by atoms with Crippen LogP contribution in [-0.2, 0) is 0 Å². The van der Waals surface area contributed by atoms with Gasteiger partial charge < -0.3 is 10.2 Å². The predicted molar refractivity (Wildman–Crippen MR) is 81.4 cm³/mol. The molecule has 1 unspecified atom stereocenters. The van der Waals surface area contributed by atoms with E-state index in [2.05, 4.69) is 62.3 Å². The van der Waals surface area contributed by atoms with Crippen molar-refractivity contribution in [3.05, 3.63) is 29.8 Å². The van der Waals surface area contributed by atoms with Crippen molar-refractivity contribution in [2.75, 3.05) is 25.0 Å². The van der Waals surface area contributed by atoms with E-state index in [0.29, 0.717) is 6.04 Å². The number of nitrogens with zero attached hydrogens (tertiary/aromatic N) is 1. The fourth-order valence-electron chi connectivity index (χ4n) is 2.26. The van der Waals surface area contributed by atoms with Crippen LogP contribution in [0.3, 0.4) is 0 Å². The lowest BCUT2D eigenvalue weighted by atomic mass is 10.1. The molecule has 1 aromatic carbocycles. The summed E-state index contributed by atoms with van der Waals surface area (Å²) in [7, 11) is 2.19. The van der Waals surface area contributed by atoms with Gasteiger partial charge in [0.05, 0.1) is 0 Å². The van der Waals surface area contributed by atoms with E-state index in [1.165, 1.54) is 30.5 Å². The molecule has 0 radical (unpaired) electrons. The fourth-order valence-corrected chi connectivity index (χ4v) is 2.26. The molecule has 0 bridgehead atoms. The van der Waals surface area contributed by atoms with Gasteiger partial charge >= 0.3 is 0 Å². The molecule has 0 aliphatic rings. The molecular formula is C16H28N2. The van der Waals surface area contributed by atoms with Crippen molar-refractivity contribution in [1.29, 1.82) is 0 Å². The molecule has 1 atom stereocenters. The molecular weight excluding hydrogens is 220 g/mol. The summed E-state index contributed by atoms with van der Waals surface area (Å²) < 4.78 is 0. The Balaban J connectivity index is 2.56. The summed E-state index contributed by atoms with van der Waals surface area (Å²) in [6, 6.07) is 9.32. The van der Waals surface area contributed by atoms with E-state index in [1.807, 2.05) is 0 Å². The molecule has 18 heavy (non-hydrogen) atoms. The molecule has 0 saturated heterocycles. The summed E-state index contributed by atoms with van der Waals surface area (Å²) in [4.78, 5) is 2.36. The first-order valence-electron chi connectivity index (χ1n) is 7.18. The van der Waals surface area contributed by atoms with E-state index in [4.69, 9.17) is 0 Å². The van der Waals surface area contributed by atoms with Crippen molar-refractivity contribution >= 4 is 5.69 Å². The van der Waals surface area contributed by atoms with Crippen LogP contribution in [0.4, 0.5) is 5.69 Å². The number of hydrogen-bond donors (Lipinski definition) is 1. The van der Waals surface area contributed by atoms with Crippen molar-refractivity contribution in [2.24, 2.45) is 0 Å². The van der Waals surface area contributed by atoms with Gasteiger partial charge in [0.25, 0.3) is 0 Å². The van der Waals surface area contributed by atoms with Crippen molar-refractivity contribution < 1.29 is 0 Å². The lowest BCUT2D eigenvalue weighted by Crippen LogP contribution is -2.40. The number of rotatable bonds is 8.